The largest absolute Gasteiger partial charge is 0.353 e. The van der Waals surface area contributed by atoms with Gasteiger partial charge in [0.2, 0.25) is 5.91 Å². The van der Waals surface area contributed by atoms with E-state index in [1.165, 1.54) is 18.6 Å². The number of rotatable bonds is 2. The van der Waals surface area contributed by atoms with Crippen molar-refractivity contribution in [1.29, 1.82) is 0 Å². The number of piperidine rings is 2. The summed E-state index contributed by atoms with van der Waals surface area (Å²) in [4.78, 5) is 14.7. The Bertz CT molecular complexity index is 657. The van der Waals surface area contributed by atoms with Crippen LogP contribution in [0.1, 0.15) is 52.9 Å². The van der Waals surface area contributed by atoms with Crippen LogP contribution in [0.2, 0.25) is 0 Å². The van der Waals surface area contributed by atoms with Crippen LogP contribution in [-0.2, 0) is 4.79 Å². The SMILES string of the molecule is CC(C)(C)C(=O)NC1C[C@H]2CCC[C@H](C1)N2C(=S)Nc1ccc(F)cc1. The lowest BCUT2D eigenvalue weighted by Crippen LogP contribution is -2.60. The maximum Gasteiger partial charge on any atom is 0.225 e. The molecular formula is C20H28FN3OS. The second-order valence-electron chi connectivity index (χ2n) is 8.47. The molecule has 1 aromatic carbocycles. The summed E-state index contributed by atoms with van der Waals surface area (Å²) < 4.78 is 13.1. The Morgan fingerprint density at radius 1 is 1.15 bits per heavy atom. The molecule has 1 amide bonds. The van der Waals surface area contributed by atoms with Gasteiger partial charge in [0.15, 0.2) is 5.11 Å². The summed E-state index contributed by atoms with van der Waals surface area (Å²) in [6, 6.07) is 7.16. The molecule has 3 rings (SSSR count). The van der Waals surface area contributed by atoms with E-state index in [1.807, 2.05) is 20.8 Å². The highest BCUT2D eigenvalue weighted by Crippen LogP contribution is 2.35. The zero-order valence-corrected chi connectivity index (χ0v) is 16.5. The number of fused-ring (bicyclic) bond motifs is 2. The lowest BCUT2D eigenvalue weighted by Gasteiger charge is -2.50. The first-order chi connectivity index (χ1) is 12.2. The monoisotopic (exact) mass is 377 g/mol. The van der Waals surface area contributed by atoms with Crippen molar-refractivity contribution < 1.29 is 9.18 Å². The van der Waals surface area contributed by atoms with Crippen LogP contribution >= 0.6 is 12.2 Å². The van der Waals surface area contributed by atoms with Crippen molar-refractivity contribution >= 4 is 28.9 Å². The average molecular weight is 378 g/mol. The third-order valence-electron chi connectivity index (χ3n) is 5.32. The summed E-state index contributed by atoms with van der Waals surface area (Å²) in [6.07, 6.45) is 5.21. The summed E-state index contributed by atoms with van der Waals surface area (Å²) in [7, 11) is 0. The molecular weight excluding hydrogens is 349 g/mol. The van der Waals surface area contributed by atoms with E-state index in [0.717, 1.165) is 31.4 Å². The van der Waals surface area contributed by atoms with E-state index in [1.54, 1.807) is 12.1 Å². The van der Waals surface area contributed by atoms with E-state index in [4.69, 9.17) is 12.2 Å². The fourth-order valence-electron chi connectivity index (χ4n) is 3.95. The minimum atomic E-state index is -0.369. The summed E-state index contributed by atoms with van der Waals surface area (Å²) in [5.74, 6) is -0.144. The first-order valence-electron chi connectivity index (χ1n) is 9.40. The molecule has 2 aliphatic heterocycles. The van der Waals surface area contributed by atoms with E-state index in [2.05, 4.69) is 15.5 Å². The van der Waals surface area contributed by atoms with Crippen LogP contribution in [0.25, 0.3) is 0 Å². The molecule has 2 atom stereocenters. The molecule has 0 unspecified atom stereocenters. The Hall–Kier alpha value is -1.69. The van der Waals surface area contributed by atoms with E-state index in [9.17, 15) is 9.18 Å². The number of carbonyl (C=O) groups excluding carboxylic acids is 1. The van der Waals surface area contributed by atoms with Gasteiger partial charge in [0.25, 0.3) is 0 Å². The van der Waals surface area contributed by atoms with Gasteiger partial charge < -0.3 is 15.5 Å². The minimum Gasteiger partial charge on any atom is -0.353 e. The number of benzene rings is 1. The van der Waals surface area contributed by atoms with Gasteiger partial charge in [0.1, 0.15) is 5.82 Å². The molecule has 142 valence electrons. The molecule has 6 heteroatoms. The quantitative estimate of drug-likeness (QED) is 0.763. The van der Waals surface area contributed by atoms with Gasteiger partial charge >= 0.3 is 0 Å². The average Bonchev–Trinajstić information content (AvgIpc) is 2.55. The van der Waals surface area contributed by atoms with Gasteiger partial charge in [-0.05, 0) is 68.6 Å². The van der Waals surface area contributed by atoms with Gasteiger partial charge in [-0.15, -0.1) is 0 Å². The molecule has 26 heavy (non-hydrogen) atoms. The number of carbonyl (C=O) groups is 1. The van der Waals surface area contributed by atoms with Gasteiger partial charge in [0, 0.05) is 29.2 Å². The summed E-state index contributed by atoms with van der Waals surface area (Å²) in [5, 5.41) is 7.18. The fourth-order valence-corrected chi connectivity index (χ4v) is 4.37. The van der Waals surface area contributed by atoms with E-state index >= 15 is 0 Å². The van der Waals surface area contributed by atoms with Gasteiger partial charge in [-0.2, -0.15) is 0 Å². The van der Waals surface area contributed by atoms with E-state index < -0.39 is 0 Å². The Kier molecular flexibility index (Phi) is 5.51. The van der Waals surface area contributed by atoms with Crippen molar-refractivity contribution in [2.24, 2.45) is 5.41 Å². The van der Waals surface area contributed by atoms with Crippen LogP contribution in [0.3, 0.4) is 0 Å². The van der Waals surface area contributed by atoms with Crippen molar-refractivity contribution in [2.45, 2.75) is 71.0 Å². The predicted octanol–water partition coefficient (Wildman–Crippen LogP) is 4.07. The molecule has 4 nitrogen and oxygen atoms in total. The van der Waals surface area contributed by atoms with Crippen molar-refractivity contribution in [2.75, 3.05) is 5.32 Å². The number of nitrogens with one attached hydrogen (secondary N) is 2. The Labute approximate surface area is 160 Å². The highest BCUT2D eigenvalue weighted by molar-refractivity contribution is 7.80. The predicted molar refractivity (Wildman–Crippen MR) is 107 cm³/mol. The van der Waals surface area contributed by atoms with Crippen molar-refractivity contribution in [3.8, 4) is 0 Å². The first kappa shape index (κ1) is 19.1. The summed E-state index contributed by atoms with van der Waals surface area (Å²) in [5.41, 5.74) is 0.434. The second kappa shape index (κ2) is 7.51. The third-order valence-corrected chi connectivity index (χ3v) is 5.63. The standard InChI is InChI=1S/C20H28FN3OS/c1-20(2,3)18(25)22-15-11-16-5-4-6-17(12-15)24(16)19(26)23-14-9-7-13(21)8-10-14/h7-10,15-17H,4-6,11-12H2,1-3H3,(H,22,25)(H,23,26)/t16-,17-/m1/s1. The van der Waals surface area contributed by atoms with Crippen molar-refractivity contribution in [3.05, 3.63) is 30.1 Å². The zero-order valence-electron chi connectivity index (χ0n) is 15.7. The van der Waals surface area contributed by atoms with Gasteiger partial charge in [0.05, 0.1) is 0 Å². The second-order valence-corrected chi connectivity index (χ2v) is 8.86. The number of anilines is 1. The summed E-state index contributed by atoms with van der Waals surface area (Å²) in [6.45, 7) is 5.83. The number of halogens is 1. The number of nitrogens with zero attached hydrogens (tertiary/aromatic N) is 1. The molecule has 2 heterocycles. The van der Waals surface area contributed by atoms with Crippen LogP contribution in [0.5, 0.6) is 0 Å². The molecule has 0 aliphatic carbocycles. The number of amides is 1. The lowest BCUT2D eigenvalue weighted by molar-refractivity contribution is -0.129. The molecule has 0 radical (unpaired) electrons. The van der Waals surface area contributed by atoms with E-state index in [-0.39, 0.29) is 23.2 Å². The number of hydrogen-bond acceptors (Lipinski definition) is 2. The van der Waals surface area contributed by atoms with Crippen molar-refractivity contribution in [1.82, 2.24) is 10.2 Å². The number of thiocarbonyl (C=S) groups is 1. The lowest BCUT2D eigenvalue weighted by atomic mass is 9.81. The normalized spacial score (nSPS) is 25.5. The highest BCUT2D eigenvalue weighted by Gasteiger charge is 2.40. The molecule has 1 aromatic rings. The molecule has 2 N–H and O–H groups in total. The van der Waals surface area contributed by atoms with Crippen LogP contribution in [0.15, 0.2) is 24.3 Å². The fraction of sp³-hybridized carbons (Fsp3) is 0.600. The van der Waals surface area contributed by atoms with Crippen LogP contribution in [0.4, 0.5) is 10.1 Å². The number of hydrogen-bond donors (Lipinski definition) is 2. The summed E-state index contributed by atoms with van der Waals surface area (Å²) >= 11 is 5.66. The Balaban J connectivity index is 1.65. The van der Waals surface area contributed by atoms with Gasteiger partial charge in [-0.1, -0.05) is 20.8 Å². The molecule has 2 fully saturated rings. The Morgan fingerprint density at radius 3 is 2.27 bits per heavy atom. The van der Waals surface area contributed by atoms with Crippen LogP contribution < -0.4 is 10.6 Å². The maximum atomic E-state index is 13.1. The van der Waals surface area contributed by atoms with E-state index in [0.29, 0.717) is 17.2 Å². The highest BCUT2D eigenvalue weighted by atomic mass is 32.1. The smallest absolute Gasteiger partial charge is 0.225 e. The molecule has 2 saturated heterocycles. The van der Waals surface area contributed by atoms with Crippen molar-refractivity contribution in [3.63, 3.8) is 0 Å². The molecule has 2 aliphatic rings. The first-order valence-corrected chi connectivity index (χ1v) is 9.81. The topological polar surface area (TPSA) is 44.4 Å². The molecule has 2 bridgehead atoms. The molecule has 0 spiro atoms. The van der Waals surface area contributed by atoms with Crippen LogP contribution in [-0.4, -0.2) is 34.0 Å². The van der Waals surface area contributed by atoms with Gasteiger partial charge in [-0.25, -0.2) is 4.39 Å². The van der Waals surface area contributed by atoms with Gasteiger partial charge in [-0.3, -0.25) is 4.79 Å². The minimum absolute atomic E-state index is 0.112. The zero-order chi connectivity index (χ0) is 18.9. The van der Waals surface area contributed by atoms with Crippen LogP contribution in [0, 0.1) is 11.2 Å². The Morgan fingerprint density at radius 2 is 1.73 bits per heavy atom. The maximum absolute atomic E-state index is 13.1. The molecule has 0 saturated carbocycles. The third kappa shape index (κ3) is 4.34. The molecule has 0 aromatic heterocycles.